The van der Waals surface area contributed by atoms with Crippen LogP contribution in [-0.4, -0.2) is 37.6 Å². The quantitative estimate of drug-likeness (QED) is 0.670. The van der Waals surface area contributed by atoms with Gasteiger partial charge in [-0.25, -0.2) is 0 Å². The molecule has 0 unspecified atom stereocenters. The molecule has 0 aromatic carbocycles. The summed E-state index contributed by atoms with van der Waals surface area (Å²) in [5.74, 6) is 1.74. The molecule has 2 nitrogen and oxygen atoms in total. The van der Waals surface area contributed by atoms with Crippen LogP contribution in [0.25, 0.3) is 0 Å². The van der Waals surface area contributed by atoms with Crippen molar-refractivity contribution >= 4 is 0 Å². The smallest absolute Gasteiger partial charge is 0.0165 e. The molecular weight excluding hydrogens is 172 g/mol. The lowest BCUT2D eigenvalue weighted by Gasteiger charge is -2.29. The van der Waals surface area contributed by atoms with E-state index in [9.17, 15) is 0 Å². The lowest BCUT2D eigenvalue weighted by molar-refractivity contribution is 0.232. The fourth-order valence-corrected chi connectivity index (χ4v) is 2.42. The molecule has 1 fully saturated rings. The SMILES string of the molecule is CC1=CCN(C[C@@H]2CNC[C@H]2C)CC1. The van der Waals surface area contributed by atoms with E-state index in [0.717, 1.165) is 11.8 Å². The van der Waals surface area contributed by atoms with Crippen molar-refractivity contribution in [3.8, 4) is 0 Å². The Morgan fingerprint density at radius 3 is 2.93 bits per heavy atom. The van der Waals surface area contributed by atoms with Crippen LogP contribution in [0.15, 0.2) is 11.6 Å². The van der Waals surface area contributed by atoms with Gasteiger partial charge in [0.15, 0.2) is 0 Å². The maximum Gasteiger partial charge on any atom is 0.0165 e. The highest BCUT2D eigenvalue weighted by molar-refractivity contribution is 5.04. The summed E-state index contributed by atoms with van der Waals surface area (Å²) in [6, 6.07) is 0. The number of hydrogen-bond acceptors (Lipinski definition) is 2. The van der Waals surface area contributed by atoms with Crippen LogP contribution in [0.5, 0.6) is 0 Å². The van der Waals surface area contributed by atoms with Gasteiger partial charge in [-0.2, -0.15) is 0 Å². The molecule has 0 aromatic heterocycles. The van der Waals surface area contributed by atoms with Gasteiger partial charge in [-0.05, 0) is 38.3 Å². The van der Waals surface area contributed by atoms with Gasteiger partial charge in [0.1, 0.15) is 0 Å². The Bertz CT molecular complexity index is 222. The topological polar surface area (TPSA) is 15.3 Å². The van der Waals surface area contributed by atoms with Crippen molar-refractivity contribution in [1.29, 1.82) is 0 Å². The first kappa shape index (κ1) is 10.2. The van der Waals surface area contributed by atoms with Crippen LogP contribution >= 0.6 is 0 Å². The summed E-state index contributed by atoms with van der Waals surface area (Å²) in [7, 11) is 0. The van der Waals surface area contributed by atoms with Crippen LogP contribution < -0.4 is 5.32 Å². The van der Waals surface area contributed by atoms with Gasteiger partial charge in [-0.3, -0.25) is 4.90 Å². The molecular formula is C12H22N2. The largest absolute Gasteiger partial charge is 0.316 e. The molecule has 0 aromatic rings. The number of nitrogens with zero attached hydrogens (tertiary/aromatic N) is 1. The fraction of sp³-hybridized carbons (Fsp3) is 0.833. The van der Waals surface area contributed by atoms with Crippen molar-refractivity contribution in [3.05, 3.63) is 11.6 Å². The zero-order chi connectivity index (χ0) is 9.97. The molecule has 1 saturated heterocycles. The Kier molecular flexibility index (Phi) is 3.24. The van der Waals surface area contributed by atoms with Gasteiger partial charge in [0.25, 0.3) is 0 Å². The molecule has 14 heavy (non-hydrogen) atoms. The summed E-state index contributed by atoms with van der Waals surface area (Å²) in [6.07, 6.45) is 3.66. The molecule has 0 spiro atoms. The molecule has 2 aliphatic rings. The lowest BCUT2D eigenvalue weighted by atomic mass is 9.97. The molecule has 1 N–H and O–H groups in total. The number of rotatable bonds is 2. The average Bonchev–Trinajstić information content (AvgIpc) is 2.56. The van der Waals surface area contributed by atoms with Crippen LogP contribution in [-0.2, 0) is 0 Å². The number of nitrogens with one attached hydrogen (secondary N) is 1. The maximum absolute atomic E-state index is 3.48. The summed E-state index contributed by atoms with van der Waals surface area (Å²) in [5.41, 5.74) is 1.57. The molecule has 0 radical (unpaired) electrons. The summed E-state index contributed by atoms with van der Waals surface area (Å²) in [4.78, 5) is 2.60. The van der Waals surface area contributed by atoms with Crippen molar-refractivity contribution in [1.82, 2.24) is 10.2 Å². The first-order valence-corrected chi connectivity index (χ1v) is 5.84. The number of hydrogen-bond donors (Lipinski definition) is 1. The molecule has 0 bridgehead atoms. The summed E-state index contributed by atoms with van der Waals surface area (Å²) < 4.78 is 0. The van der Waals surface area contributed by atoms with Gasteiger partial charge in [0.2, 0.25) is 0 Å². The Morgan fingerprint density at radius 1 is 1.50 bits per heavy atom. The first-order chi connectivity index (χ1) is 6.75. The Hall–Kier alpha value is -0.340. The van der Waals surface area contributed by atoms with E-state index in [1.165, 1.54) is 39.1 Å². The molecule has 2 heteroatoms. The zero-order valence-corrected chi connectivity index (χ0v) is 9.42. The van der Waals surface area contributed by atoms with Gasteiger partial charge in [-0.1, -0.05) is 18.6 Å². The molecule has 2 aliphatic heterocycles. The zero-order valence-electron chi connectivity index (χ0n) is 9.42. The minimum atomic E-state index is 0.863. The van der Waals surface area contributed by atoms with E-state index in [1.807, 2.05) is 0 Å². The molecule has 80 valence electrons. The van der Waals surface area contributed by atoms with Crippen molar-refractivity contribution in [2.75, 3.05) is 32.7 Å². The van der Waals surface area contributed by atoms with Gasteiger partial charge < -0.3 is 5.32 Å². The van der Waals surface area contributed by atoms with E-state index in [1.54, 1.807) is 5.57 Å². The van der Waals surface area contributed by atoms with Crippen LogP contribution in [0.3, 0.4) is 0 Å². The molecule has 2 rings (SSSR count). The van der Waals surface area contributed by atoms with Crippen molar-refractivity contribution in [2.24, 2.45) is 11.8 Å². The van der Waals surface area contributed by atoms with Gasteiger partial charge in [0.05, 0.1) is 0 Å². The van der Waals surface area contributed by atoms with Crippen LogP contribution in [0.2, 0.25) is 0 Å². The second-order valence-electron chi connectivity index (χ2n) is 4.96. The van der Waals surface area contributed by atoms with E-state index >= 15 is 0 Å². The van der Waals surface area contributed by atoms with Gasteiger partial charge in [-0.15, -0.1) is 0 Å². The van der Waals surface area contributed by atoms with E-state index in [4.69, 9.17) is 0 Å². The molecule has 0 saturated carbocycles. The Labute approximate surface area is 87.4 Å². The third-order valence-electron chi connectivity index (χ3n) is 3.69. The molecule has 0 amide bonds. The second-order valence-corrected chi connectivity index (χ2v) is 4.96. The van der Waals surface area contributed by atoms with Crippen LogP contribution in [0.4, 0.5) is 0 Å². The second kappa shape index (κ2) is 4.45. The summed E-state index contributed by atoms with van der Waals surface area (Å²) >= 11 is 0. The predicted octanol–water partition coefficient (Wildman–Crippen LogP) is 1.49. The lowest BCUT2D eigenvalue weighted by Crippen LogP contribution is -2.35. The Morgan fingerprint density at radius 2 is 2.36 bits per heavy atom. The summed E-state index contributed by atoms with van der Waals surface area (Å²) in [6.45, 7) is 10.8. The van der Waals surface area contributed by atoms with Crippen molar-refractivity contribution in [2.45, 2.75) is 20.3 Å². The fourth-order valence-electron chi connectivity index (χ4n) is 2.42. The van der Waals surface area contributed by atoms with Gasteiger partial charge in [0, 0.05) is 19.6 Å². The van der Waals surface area contributed by atoms with E-state index < -0.39 is 0 Å². The van der Waals surface area contributed by atoms with Crippen LogP contribution in [0.1, 0.15) is 20.3 Å². The standard InChI is InChI=1S/C12H22N2/c1-10-3-5-14(6-4-10)9-12-8-13-7-11(12)2/h3,11-13H,4-9H2,1-2H3/t11-,12+/m1/s1. The maximum atomic E-state index is 3.48. The average molecular weight is 194 g/mol. The van der Waals surface area contributed by atoms with Crippen LogP contribution in [0, 0.1) is 11.8 Å². The highest BCUT2D eigenvalue weighted by Crippen LogP contribution is 2.19. The van der Waals surface area contributed by atoms with Crippen molar-refractivity contribution in [3.63, 3.8) is 0 Å². The minimum absolute atomic E-state index is 0.863. The van der Waals surface area contributed by atoms with E-state index in [2.05, 4.69) is 30.1 Å². The van der Waals surface area contributed by atoms with E-state index in [-0.39, 0.29) is 0 Å². The molecule has 2 atom stereocenters. The molecule has 2 heterocycles. The van der Waals surface area contributed by atoms with Gasteiger partial charge >= 0.3 is 0 Å². The Balaban J connectivity index is 1.80. The van der Waals surface area contributed by atoms with E-state index in [0.29, 0.717) is 0 Å². The summed E-state index contributed by atoms with van der Waals surface area (Å²) in [5, 5.41) is 3.48. The predicted molar refractivity (Wildman–Crippen MR) is 60.3 cm³/mol. The third-order valence-corrected chi connectivity index (χ3v) is 3.69. The molecule has 0 aliphatic carbocycles. The third kappa shape index (κ3) is 2.37. The van der Waals surface area contributed by atoms with Crippen molar-refractivity contribution < 1.29 is 0 Å². The monoisotopic (exact) mass is 194 g/mol. The normalized spacial score (nSPS) is 34.6. The minimum Gasteiger partial charge on any atom is -0.316 e. The first-order valence-electron chi connectivity index (χ1n) is 5.84. The highest BCUT2D eigenvalue weighted by atomic mass is 15.1. The highest BCUT2D eigenvalue weighted by Gasteiger charge is 2.25.